The molecule has 0 aliphatic carbocycles. The third-order valence-electron chi connectivity index (χ3n) is 5.99. The summed E-state index contributed by atoms with van der Waals surface area (Å²) < 4.78 is 0. The first-order valence-corrected chi connectivity index (χ1v) is 17.0. The second-order valence-corrected chi connectivity index (χ2v) is 20.1. The Bertz CT molecular complexity index is 284. The van der Waals surface area contributed by atoms with Crippen molar-refractivity contribution in [1.82, 2.24) is 5.32 Å². The molecule has 0 unspecified atom stereocenters. The monoisotopic (exact) mass is 451 g/mol. The Morgan fingerprint density at radius 1 is 0.500 bits per heavy atom. The van der Waals surface area contributed by atoms with Crippen LogP contribution in [0.5, 0.6) is 0 Å². The molecule has 3 heteroatoms. The van der Waals surface area contributed by atoms with Gasteiger partial charge in [-0.25, -0.2) is 0 Å². The van der Waals surface area contributed by atoms with E-state index in [0.717, 1.165) is 0 Å². The van der Waals surface area contributed by atoms with Gasteiger partial charge in [-0.15, -0.1) is 0 Å². The van der Waals surface area contributed by atoms with Crippen LogP contribution in [-0.2, 0) is 0 Å². The summed E-state index contributed by atoms with van der Waals surface area (Å²) in [5.41, 5.74) is 0. The van der Waals surface area contributed by atoms with Crippen LogP contribution in [0.15, 0.2) is 0 Å². The van der Waals surface area contributed by atoms with Crippen LogP contribution in [0.2, 0.25) is 0 Å². The van der Waals surface area contributed by atoms with Gasteiger partial charge in [0, 0.05) is 0 Å². The van der Waals surface area contributed by atoms with Crippen molar-refractivity contribution in [3.05, 3.63) is 0 Å². The minimum absolute atomic E-state index is 1.23. The summed E-state index contributed by atoms with van der Waals surface area (Å²) in [5.74, 6) is 0. The molecule has 0 fully saturated rings. The Balaban J connectivity index is 4.27. The SMILES string of the molecule is CCCCCCCCNCCCP(Br)(CCCC)(CCCC)CCCC. The molecule has 0 heterocycles. The molecule has 0 spiro atoms. The van der Waals surface area contributed by atoms with E-state index in [9.17, 15) is 0 Å². The maximum atomic E-state index is 4.52. The van der Waals surface area contributed by atoms with Gasteiger partial charge in [-0.2, -0.15) is 0 Å². The molecule has 0 aliphatic heterocycles. The molecule has 0 radical (unpaired) electrons. The zero-order valence-corrected chi connectivity index (χ0v) is 21.2. The molecular weight excluding hydrogens is 401 g/mol. The quantitative estimate of drug-likeness (QED) is 0.144. The van der Waals surface area contributed by atoms with Crippen molar-refractivity contribution in [3.63, 3.8) is 0 Å². The molecule has 0 aromatic carbocycles. The minimum atomic E-state index is -1.66. The summed E-state index contributed by atoms with van der Waals surface area (Å²) >= 11 is 4.52. The van der Waals surface area contributed by atoms with Gasteiger partial charge in [-0.05, 0) is 0 Å². The van der Waals surface area contributed by atoms with Crippen molar-refractivity contribution in [2.45, 2.75) is 111 Å². The van der Waals surface area contributed by atoms with Crippen LogP contribution in [0, 0.1) is 0 Å². The van der Waals surface area contributed by atoms with Crippen LogP contribution in [-0.4, -0.2) is 37.7 Å². The molecule has 0 amide bonds. The number of hydrogen-bond donors (Lipinski definition) is 1. The molecule has 0 aliphatic rings. The average molecular weight is 453 g/mol. The summed E-state index contributed by atoms with van der Waals surface area (Å²) in [6.45, 7) is 11.8. The predicted molar refractivity (Wildman–Crippen MR) is 131 cm³/mol. The van der Waals surface area contributed by atoms with E-state index in [2.05, 4.69) is 48.5 Å². The molecule has 1 N–H and O–H groups in total. The zero-order valence-electron chi connectivity index (χ0n) is 18.8. The van der Waals surface area contributed by atoms with Gasteiger partial charge in [0.2, 0.25) is 0 Å². The van der Waals surface area contributed by atoms with E-state index in [1.54, 1.807) is 0 Å². The number of halogens is 1. The number of hydrogen-bond acceptors (Lipinski definition) is 1. The molecule has 0 bridgehead atoms. The van der Waals surface area contributed by atoms with E-state index in [-0.39, 0.29) is 0 Å². The van der Waals surface area contributed by atoms with Gasteiger partial charge in [0.05, 0.1) is 0 Å². The van der Waals surface area contributed by atoms with Crippen LogP contribution in [0.25, 0.3) is 0 Å². The van der Waals surface area contributed by atoms with Crippen molar-refractivity contribution in [2.75, 3.05) is 37.7 Å². The first kappa shape index (κ1) is 26.9. The van der Waals surface area contributed by atoms with Gasteiger partial charge in [-0.1, -0.05) is 0 Å². The molecule has 0 rings (SSSR count). The van der Waals surface area contributed by atoms with Crippen LogP contribution < -0.4 is 5.32 Å². The molecule has 0 aromatic rings. The van der Waals surface area contributed by atoms with Crippen LogP contribution in [0.4, 0.5) is 0 Å². The van der Waals surface area contributed by atoms with Crippen LogP contribution in [0.1, 0.15) is 111 Å². The van der Waals surface area contributed by atoms with Gasteiger partial charge in [-0.3, -0.25) is 0 Å². The molecule has 0 atom stereocenters. The molecule has 26 heavy (non-hydrogen) atoms. The Kier molecular flexibility index (Phi) is 17.4. The zero-order chi connectivity index (χ0) is 19.6. The molecular formula is C23H51BrNP. The third kappa shape index (κ3) is 13.1. The van der Waals surface area contributed by atoms with Gasteiger partial charge in [0.25, 0.3) is 0 Å². The Morgan fingerprint density at radius 2 is 0.885 bits per heavy atom. The summed E-state index contributed by atoms with van der Waals surface area (Å²) in [6.07, 6.45) is 24.0. The van der Waals surface area contributed by atoms with Gasteiger partial charge >= 0.3 is 175 Å². The fraction of sp³-hybridized carbons (Fsp3) is 1.00. The van der Waals surface area contributed by atoms with Crippen molar-refractivity contribution in [3.8, 4) is 0 Å². The first-order chi connectivity index (χ1) is 12.5. The van der Waals surface area contributed by atoms with Crippen molar-refractivity contribution >= 4 is 20.8 Å². The van der Waals surface area contributed by atoms with E-state index in [1.165, 1.54) is 121 Å². The number of rotatable bonds is 20. The van der Waals surface area contributed by atoms with Gasteiger partial charge in [0.15, 0.2) is 0 Å². The fourth-order valence-corrected chi connectivity index (χ4v) is 12.7. The van der Waals surface area contributed by atoms with Crippen molar-refractivity contribution < 1.29 is 0 Å². The topological polar surface area (TPSA) is 12.0 Å². The van der Waals surface area contributed by atoms with Crippen LogP contribution >= 0.6 is 20.8 Å². The summed E-state index contributed by atoms with van der Waals surface area (Å²) in [4.78, 5) is 0. The van der Waals surface area contributed by atoms with Crippen molar-refractivity contribution in [1.29, 1.82) is 0 Å². The van der Waals surface area contributed by atoms with Crippen molar-refractivity contribution in [2.24, 2.45) is 0 Å². The van der Waals surface area contributed by atoms with E-state index in [1.807, 2.05) is 0 Å². The molecule has 0 saturated carbocycles. The van der Waals surface area contributed by atoms with E-state index in [4.69, 9.17) is 0 Å². The Labute approximate surface area is 174 Å². The molecule has 0 aromatic heterocycles. The van der Waals surface area contributed by atoms with E-state index >= 15 is 0 Å². The van der Waals surface area contributed by atoms with E-state index < -0.39 is 5.31 Å². The molecule has 0 saturated heterocycles. The van der Waals surface area contributed by atoms with E-state index in [0.29, 0.717) is 0 Å². The van der Waals surface area contributed by atoms with Crippen LogP contribution in [0.3, 0.4) is 0 Å². The molecule has 160 valence electrons. The summed E-state index contributed by atoms with van der Waals surface area (Å²) in [5, 5.41) is 2.07. The number of nitrogens with one attached hydrogen (secondary N) is 1. The molecule has 1 nitrogen and oxygen atoms in total. The second-order valence-electron chi connectivity index (χ2n) is 8.65. The average Bonchev–Trinajstić information content (AvgIpc) is 2.65. The van der Waals surface area contributed by atoms with Gasteiger partial charge < -0.3 is 0 Å². The second kappa shape index (κ2) is 16.8. The normalized spacial score (nSPS) is 13.7. The third-order valence-corrected chi connectivity index (χ3v) is 16.0. The Hall–Kier alpha value is 0.870. The summed E-state index contributed by atoms with van der Waals surface area (Å²) in [6, 6.07) is 0. The first-order valence-electron chi connectivity index (χ1n) is 12.0. The summed E-state index contributed by atoms with van der Waals surface area (Å²) in [7, 11) is 0. The number of unbranched alkanes of at least 4 members (excludes halogenated alkanes) is 8. The Morgan fingerprint density at radius 3 is 1.38 bits per heavy atom. The maximum absolute atomic E-state index is 4.52. The predicted octanol–water partition coefficient (Wildman–Crippen LogP) is 8.59. The standard InChI is InChI=1S/C23H51BrNP/c1-5-9-13-14-15-16-18-25-19-17-23-26(24,20-10-6-2,21-11-7-3)22-12-8-4/h25H,5-23H2,1-4H3. The fourth-order valence-electron chi connectivity index (χ4n) is 4.09. The van der Waals surface area contributed by atoms with Gasteiger partial charge in [0.1, 0.15) is 0 Å².